The Morgan fingerprint density at radius 2 is 2.42 bits per heavy atom. The fraction of sp³-hybridized carbons (Fsp3) is 0.667. The predicted octanol–water partition coefficient (Wildman–Crippen LogP) is 1.86. The highest BCUT2D eigenvalue weighted by Crippen LogP contribution is 2.11. The smallest absolute Gasteiger partial charge is 0.0925 e. The lowest BCUT2D eigenvalue weighted by molar-refractivity contribution is 0.716. The summed E-state index contributed by atoms with van der Waals surface area (Å²) in [6, 6.07) is 0. The van der Waals surface area contributed by atoms with Crippen molar-refractivity contribution in [1.82, 2.24) is 10.3 Å². The maximum absolute atomic E-state index is 4.49. The molecular formula is C9H16N2S. The summed E-state index contributed by atoms with van der Waals surface area (Å²) in [6.07, 6.45) is 3.36. The van der Waals surface area contributed by atoms with Gasteiger partial charge in [0.15, 0.2) is 0 Å². The van der Waals surface area contributed by atoms with Crippen molar-refractivity contribution in [2.75, 3.05) is 13.6 Å². The normalized spacial score (nSPS) is 10.5. The predicted molar refractivity (Wildman–Crippen MR) is 53.7 cm³/mol. The van der Waals surface area contributed by atoms with Crippen molar-refractivity contribution in [2.45, 2.75) is 26.2 Å². The van der Waals surface area contributed by atoms with Crippen molar-refractivity contribution in [3.63, 3.8) is 0 Å². The Labute approximate surface area is 78.0 Å². The monoisotopic (exact) mass is 184 g/mol. The van der Waals surface area contributed by atoms with Gasteiger partial charge in [0.25, 0.3) is 0 Å². The van der Waals surface area contributed by atoms with Gasteiger partial charge in [-0.05, 0) is 32.9 Å². The van der Waals surface area contributed by atoms with Gasteiger partial charge in [0.1, 0.15) is 0 Å². The number of rotatable bonds is 5. The van der Waals surface area contributed by atoms with Crippen LogP contribution in [-0.2, 0) is 12.8 Å². The van der Waals surface area contributed by atoms with Gasteiger partial charge in [0.2, 0.25) is 0 Å². The summed E-state index contributed by atoms with van der Waals surface area (Å²) in [5, 5.41) is 6.57. The minimum Gasteiger partial charge on any atom is -0.320 e. The highest BCUT2D eigenvalue weighted by atomic mass is 32.1. The van der Waals surface area contributed by atoms with E-state index in [9.17, 15) is 0 Å². The van der Waals surface area contributed by atoms with Crippen LogP contribution in [0.2, 0.25) is 0 Å². The molecule has 1 rings (SSSR count). The van der Waals surface area contributed by atoms with Crippen molar-refractivity contribution in [2.24, 2.45) is 0 Å². The second kappa shape index (κ2) is 5.27. The highest BCUT2D eigenvalue weighted by Gasteiger charge is 1.98. The van der Waals surface area contributed by atoms with Crippen molar-refractivity contribution in [3.05, 3.63) is 16.1 Å². The van der Waals surface area contributed by atoms with Crippen LogP contribution in [-0.4, -0.2) is 18.6 Å². The van der Waals surface area contributed by atoms with E-state index in [1.54, 1.807) is 11.3 Å². The third kappa shape index (κ3) is 2.91. The zero-order chi connectivity index (χ0) is 8.81. The lowest BCUT2D eigenvalue weighted by atomic mass is 10.2. The van der Waals surface area contributed by atoms with Crippen LogP contribution in [0.5, 0.6) is 0 Å². The van der Waals surface area contributed by atoms with E-state index in [1.807, 2.05) is 7.05 Å². The molecule has 0 atom stereocenters. The van der Waals surface area contributed by atoms with E-state index in [0.717, 1.165) is 19.4 Å². The van der Waals surface area contributed by atoms with Gasteiger partial charge < -0.3 is 5.32 Å². The maximum Gasteiger partial charge on any atom is 0.0925 e. The minimum atomic E-state index is 1.07. The van der Waals surface area contributed by atoms with Crippen molar-refractivity contribution < 1.29 is 0 Å². The summed E-state index contributed by atoms with van der Waals surface area (Å²) >= 11 is 1.78. The number of aryl methyl sites for hydroxylation is 2. The van der Waals surface area contributed by atoms with E-state index in [0.29, 0.717) is 0 Å². The van der Waals surface area contributed by atoms with Gasteiger partial charge in [-0.3, -0.25) is 0 Å². The summed E-state index contributed by atoms with van der Waals surface area (Å²) in [4.78, 5) is 4.49. The molecule has 0 spiro atoms. The Bertz CT molecular complexity index is 220. The molecule has 0 amide bonds. The first kappa shape index (κ1) is 9.68. The molecule has 0 bridgehead atoms. The van der Waals surface area contributed by atoms with Crippen LogP contribution in [0.25, 0.3) is 0 Å². The van der Waals surface area contributed by atoms with E-state index < -0.39 is 0 Å². The summed E-state index contributed by atoms with van der Waals surface area (Å²) in [5.41, 5.74) is 1.26. The average Bonchev–Trinajstić information content (AvgIpc) is 2.53. The molecule has 0 unspecified atom stereocenters. The molecule has 0 saturated heterocycles. The van der Waals surface area contributed by atoms with Crippen LogP contribution < -0.4 is 5.32 Å². The number of nitrogens with zero attached hydrogens (tertiary/aromatic N) is 1. The Morgan fingerprint density at radius 1 is 1.58 bits per heavy atom. The molecule has 12 heavy (non-hydrogen) atoms. The molecule has 3 heteroatoms. The molecule has 0 aliphatic heterocycles. The van der Waals surface area contributed by atoms with Gasteiger partial charge in [0.05, 0.1) is 10.7 Å². The molecule has 0 saturated carbocycles. The first-order valence-corrected chi connectivity index (χ1v) is 5.32. The average molecular weight is 184 g/mol. The second-order valence-corrected chi connectivity index (χ2v) is 3.74. The largest absolute Gasteiger partial charge is 0.320 e. The summed E-state index contributed by atoms with van der Waals surface area (Å²) in [5.74, 6) is 0. The van der Waals surface area contributed by atoms with E-state index in [-0.39, 0.29) is 0 Å². The second-order valence-electron chi connectivity index (χ2n) is 2.79. The van der Waals surface area contributed by atoms with Gasteiger partial charge in [-0.2, -0.15) is 0 Å². The Balaban J connectivity index is 2.31. The zero-order valence-corrected chi connectivity index (χ0v) is 8.58. The quantitative estimate of drug-likeness (QED) is 0.706. The first-order chi connectivity index (χ1) is 5.86. The van der Waals surface area contributed by atoms with Gasteiger partial charge in [-0.15, -0.1) is 11.3 Å². The molecule has 0 fully saturated rings. The molecule has 0 aliphatic carbocycles. The topological polar surface area (TPSA) is 24.9 Å². The third-order valence-corrected chi connectivity index (χ3v) is 2.80. The lowest BCUT2D eigenvalue weighted by Crippen LogP contribution is -2.08. The van der Waals surface area contributed by atoms with Crippen molar-refractivity contribution in [3.8, 4) is 0 Å². The minimum absolute atomic E-state index is 1.07. The van der Waals surface area contributed by atoms with E-state index in [2.05, 4.69) is 22.6 Å². The number of thiazole rings is 1. The number of hydrogen-bond donors (Lipinski definition) is 1. The fourth-order valence-corrected chi connectivity index (χ4v) is 1.85. The molecule has 1 heterocycles. The summed E-state index contributed by atoms with van der Waals surface area (Å²) in [7, 11) is 1.98. The van der Waals surface area contributed by atoms with Crippen molar-refractivity contribution in [1.29, 1.82) is 0 Å². The zero-order valence-electron chi connectivity index (χ0n) is 7.76. The maximum atomic E-state index is 4.49. The van der Waals surface area contributed by atoms with Gasteiger partial charge in [-0.1, -0.05) is 6.92 Å². The highest BCUT2D eigenvalue weighted by molar-refractivity contribution is 7.09. The first-order valence-electron chi connectivity index (χ1n) is 4.44. The van der Waals surface area contributed by atoms with Crippen LogP contribution in [0.4, 0.5) is 0 Å². The molecule has 0 aromatic carbocycles. The van der Waals surface area contributed by atoms with E-state index in [4.69, 9.17) is 0 Å². The third-order valence-electron chi connectivity index (χ3n) is 1.76. The van der Waals surface area contributed by atoms with Gasteiger partial charge in [0, 0.05) is 5.38 Å². The van der Waals surface area contributed by atoms with Crippen molar-refractivity contribution >= 4 is 11.3 Å². The lowest BCUT2D eigenvalue weighted by Gasteiger charge is -1.95. The molecule has 1 N–H and O–H groups in total. The standard InChI is InChI=1S/C9H16N2S/c1-3-9-11-8(7-12-9)5-4-6-10-2/h7,10H,3-6H2,1-2H3. The van der Waals surface area contributed by atoms with Crippen LogP contribution in [0, 0.1) is 0 Å². The fourth-order valence-electron chi connectivity index (χ4n) is 1.07. The Kier molecular flexibility index (Phi) is 4.25. The van der Waals surface area contributed by atoms with Crippen LogP contribution in [0.1, 0.15) is 24.0 Å². The molecule has 1 aromatic rings. The van der Waals surface area contributed by atoms with Crippen LogP contribution in [0.15, 0.2) is 5.38 Å². The SMILES string of the molecule is CCc1nc(CCCNC)cs1. The number of nitrogens with one attached hydrogen (secondary N) is 1. The molecule has 2 nitrogen and oxygen atoms in total. The number of hydrogen-bond acceptors (Lipinski definition) is 3. The van der Waals surface area contributed by atoms with E-state index in [1.165, 1.54) is 17.1 Å². The Hall–Kier alpha value is -0.410. The summed E-state index contributed by atoms with van der Waals surface area (Å²) < 4.78 is 0. The molecule has 68 valence electrons. The molecular weight excluding hydrogens is 168 g/mol. The molecule has 1 aromatic heterocycles. The number of aromatic nitrogens is 1. The van der Waals surface area contributed by atoms with Gasteiger partial charge in [-0.25, -0.2) is 4.98 Å². The Morgan fingerprint density at radius 3 is 3.00 bits per heavy atom. The summed E-state index contributed by atoms with van der Waals surface area (Å²) in [6.45, 7) is 3.23. The van der Waals surface area contributed by atoms with Crippen LogP contribution >= 0.6 is 11.3 Å². The molecule has 0 aliphatic rings. The van der Waals surface area contributed by atoms with Crippen LogP contribution in [0.3, 0.4) is 0 Å². The van der Waals surface area contributed by atoms with E-state index >= 15 is 0 Å². The molecule has 0 radical (unpaired) electrons. The van der Waals surface area contributed by atoms with Gasteiger partial charge >= 0.3 is 0 Å².